The maximum Gasteiger partial charge on any atom is 0.692 e. The second-order valence-corrected chi connectivity index (χ2v) is 2.19. The standard InChI is InChI=1S/C3H5N3.HO3P/c1-4-5-2-3-6(4)5;1-4(2)3/h2-3H,1H3;(H-,1,2,3)/p+1. The molecule has 2 rings (SSSR count). The topological polar surface area (TPSA) is 71.3 Å². The molecule has 2 aromatic rings. The number of hydrogen-bond acceptors (Lipinski definition) is 1. The minimum Gasteiger partial charge on any atom is -0.188 e. The maximum absolute atomic E-state index is 8.70. The third-order valence-corrected chi connectivity index (χ3v) is 1.11. The van der Waals surface area contributed by atoms with E-state index in [-0.39, 0.29) is 0 Å². The summed E-state index contributed by atoms with van der Waals surface area (Å²) in [6.45, 7) is 0. The predicted molar refractivity (Wildman–Crippen MR) is 33.0 cm³/mol. The fraction of sp³-hybridized carbons (Fsp3) is 0.333. The van der Waals surface area contributed by atoms with Crippen LogP contribution in [0, 0.1) is 0 Å². The molecule has 0 aliphatic heterocycles. The van der Waals surface area contributed by atoms with Crippen LogP contribution in [0.25, 0.3) is 0 Å². The normalized spacial score (nSPS) is 9.90. The van der Waals surface area contributed by atoms with Gasteiger partial charge in [-0.2, -0.15) is 14.1 Å². The summed E-state index contributed by atoms with van der Waals surface area (Å²) >= 11 is 0. The third-order valence-electron chi connectivity index (χ3n) is 1.11. The summed E-state index contributed by atoms with van der Waals surface area (Å²) in [5, 5.41) is 0. The molecule has 0 saturated heterocycles. The number of aryl methyl sites for hydroxylation is 1. The monoisotopic (exact) mass is 164 g/mol. The van der Waals surface area contributed by atoms with Crippen LogP contribution in [0.5, 0.6) is 0 Å². The first-order chi connectivity index (χ1) is 4.63. The fourth-order valence-electron chi connectivity index (χ4n) is 0.598. The Morgan fingerprint density at radius 2 is 1.60 bits per heavy atom. The lowest BCUT2D eigenvalue weighted by Crippen LogP contribution is -1.75. The lowest BCUT2D eigenvalue weighted by atomic mass is 10.9. The van der Waals surface area contributed by atoms with Crippen LogP contribution in [0.15, 0.2) is 12.4 Å². The van der Waals surface area contributed by atoms with Gasteiger partial charge in [-0.15, -0.1) is 9.79 Å². The molecule has 0 atom stereocenters. The van der Waals surface area contributed by atoms with E-state index in [4.69, 9.17) is 14.4 Å². The summed E-state index contributed by atoms with van der Waals surface area (Å²) < 4.78 is 12.7. The van der Waals surface area contributed by atoms with Gasteiger partial charge in [0.25, 0.3) is 0 Å². The van der Waals surface area contributed by atoms with Crippen molar-refractivity contribution in [2.45, 2.75) is 0 Å². The Bertz CT molecular complexity index is 280. The summed E-state index contributed by atoms with van der Waals surface area (Å²) in [5.74, 6) is 0. The minimum absolute atomic E-state index is 2.00. The summed E-state index contributed by atoms with van der Waals surface area (Å²) in [4.78, 5) is 16.2. The van der Waals surface area contributed by atoms with Crippen molar-refractivity contribution in [2.24, 2.45) is 7.05 Å². The molecule has 0 bridgehead atoms. The van der Waals surface area contributed by atoms with E-state index in [1.807, 2.05) is 33.5 Å². The van der Waals surface area contributed by atoms with Crippen LogP contribution in [-0.4, -0.2) is 23.8 Å². The van der Waals surface area contributed by atoms with Gasteiger partial charge in [0.2, 0.25) is 0 Å². The van der Waals surface area contributed by atoms with Crippen LogP contribution in [0.4, 0.5) is 0 Å². The first kappa shape index (κ1) is 7.27. The zero-order valence-electron chi connectivity index (χ0n) is 5.25. The van der Waals surface area contributed by atoms with E-state index in [0.29, 0.717) is 0 Å². The van der Waals surface area contributed by atoms with Crippen molar-refractivity contribution in [1.29, 1.82) is 0 Å². The van der Waals surface area contributed by atoms with Crippen molar-refractivity contribution in [3.8, 4) is 0 Å². The molecule has 0 aromatic carbocycles. The zero-order valence-corrected chi connectivity index (χ0v) is 6.14. The highest BCUT2D eigenvalue weighted by atomic mass is 31.1. The van der Waals surface area contributed by atoms with E-state index >= 15 is 0 Å². The Balaban J connectivity index is 0.000000112. The molecule has 0 spiro atoms. The van der Waals surface area contributed by atoms with Crippen LogP contribution in [0.1, 0.15) is 0 Å². The molecule has 2 heterocycles. The molecule has 7 heteroatoms. The molecule has 10 heavy (non-hydrogen) atoms. The molecule has 0 aliphatic carbocycles. The van der Waals surface area contributed by atoms with E-state index in [9.17, 15) is 0 Å². The van der Waals surface area contributed by atoms with E-state index in [0.717, 1.165) is 0 Å². The SMILES string of the molecule is Cn1n2ccn12.O=[P+](O)O. The molecule has 0 saturated carbocycles. The molecule has 0 aliphatic rings. The highest BCUT2D eigenvalue weighted by Crippen LogP contribution is 1.98. The van der Waals surface area contributed by atoms with Gasteiger partial charge in [0.1, 0.15) is 0 Å². The fourth-order valence-corrected chi connectivity index (χ4v) is 0.598. The van der Waals surface area contributed by atoms with E-state index < -0.39 is 8.25 Å². The number of fused-ring (bicyclic) bond motifs is 1. The number of rotatable bonds is 0. The molecular formula is C3H7N3O3P+. The van der Waals surface area contributed by atoms with Gasteiger partial charge in [-0.3, -0.25) is 0 Å². The summed E-state index contributed by atoms with van der Waals surface area (Å²) in [6.07, 6.45) is 4.00. The van der Waals surface area contributed by atoms with Gasteiger partial charge in [-0.1, -0.05) is 0 Å². The Kier molecular flexibility index (Phi) is 1.76. The number of aromatic nitrogens is 3. The molecule has 0 radical (unpaired) electrons. The summed E-state index contributed by atoms with van der Waals surface area (Å²) in [7, 11) is -0.870. The van der Waals surface area contributed by atoms with Gasteiger partial charge in [0.15, 0.2) is 0 Å². The second-order valence-electron chi connectivity index (χ2n) is 1.68. The number of hydrogen-bond donors (Lipinski definition) is 2. The molecular weight excluding hydrogens is 157 g/mol. The van der Waals surface area contributed by atoms with Crippen LogP contribution in [-0.2, 0) is 11.6 Å². The lowest BCUT2D eigenvalue weighted by molar-refractivity contribution is 0.405. The molecule has 6 nitrogen and oxygen atoms in total. The van der Waals surface area contributed by atoms with Gasteiger partial charge in [-0.05, 0) is 0 Å². The van der Waals surface area contributed by atoms with E-state index in [1.165, 1.54) is 0 Å². The number of nitrogens with zero attached hydrogens (tertiary/aromatic N) is 3. The van der Waals surface area contributed by atoms with Gasteiger partial charge in [0, 0.05) is 11.6 Å². The Labute approximate surface area is 57.1 Å². The molecule has 0 fully saturated rings. The van der Waals surface area contributed by atoms with Crippen molar-refractivity contribution in [3.05, 3.63) is 12.4 Å². The average Bonchev–Trinajstić information content (AvgIpc) is 1.98. The Morgan fingerprint density at radius 3 is 1.60 bits per heavy atom. The first-order valence-electron chi connectivity index (χ1n) is 2.48. The average molecular weight is 164 g/mol. The predicted octanol–water partition coefficient (Wildman–Crippen LogP) is -0.557. The Hall–Kier alpha value is -0.840. The van der Waals surface area contributed by atoms with Crippen molar-refractivity contribution >= 4 is 8.25 Å². The van der Waals surface area contributed by atoms with Crippen LogP contribution in [0.3, 0.4) is 0 Å². The van der Waals surface area contributed by atoms with Crippen LogP contribution >= 0.6 is 8.25 Å². The van der Waals surface area contributed by atoms with Crippen molar-refractivity contribution < 1.29 is 14.4 Å². The summed E-state index contributed by atoms with van der Waals surface area (Å²) in [6, 6.07) is 0. The summed E-state index contributed by atoms with van der Waals surface area (Å²) in [5.41, 5.74) is 0. The zero-order chi connectivity index (χ0) is 7.72. The molecule has 56 valence electrons. The largest absolute Gasteiger partial charge is 0.692 e. The third kappa shape index (κ3) is 1.36. The van der Waals surface area contributed by atoms with Crippen LogP contribution < -0.4 is 0 Å². The quantitative estimate of drug-likeness (QED) is 0.513. The highest BCUT2D eigenvalue weighted by Gasteiger charge is 2.03. The van der Waals surface area contributed by atoms with E-state index in [2.05, 4.69) is 0 Å². The molecule has 0 amide bonds. The molecule has 2 N–H and O–H groups in total. The van der Waals surface area contributed by atoms with Gasteiger partial charge in [-0.25, -0.2) is 0 Å². The maximum atomic E-state index is 8.70. The van der Waals surface area contributed by atoms with Gasteiger partial charge < -0.3 is 0 Å². The van der Waals surface area contributed by atoms with Gasteiger partial charge >= 0.3 is 8.25 Å². The van der Waals surface area contributed by atoms with Crippen molar-refractivity contribution in [3.63, 3.8) is 0 Å². The minimum atomic E-state index is -2.87. The van der Waals surface area contributed by atoms with Crippen molar-refractivity contribution in [2.75, 3.05) is 0 Å². The molecule has 2 aromatic heterocycles. The van der Waals surface area contributed by atoms with E-state index in [1.54, 1.807) is 0 Å². The Morgan fingerprint density at radius 1 is 1.30 bits per heavy atom. The lowest BCUT2D eigenvalue weighted by Gasteiger charge is -1.69. The second kappa shape index (κ2) is 2.42. The van der Waals surface area contributed by atoms with Crippen LogP contribution in [0.2, 0.25) is 0 Å². The smallest absolute Gasteiger partial charge is 0.188 e. The van der Waals surface area contributed by atoms with Crippen molar-refractivity contribution in [1.82, 2.24) is 14.1 Å². The highest BCUT2D eigenvalue weighted by molar-refractivity contribution is 7.30. The molecule has 0 unspecified atom stereocenters. The van der Waals surface area contributed by atoms with Gasteiger partial charge in [0.05, 0.1) is 12.4 Å². The first-order valence-corrected chi connectivity index (χ1v) is 3.64.